The van der Waals surface area contributed by atoms with Crippen LogP contribution in [0.3, 0.4) is 0 Å². The van der Waals surface area contributed by atoms with Crippen molar-refractivity contribution < 1.29 is 0 Å². The van der Waals surface area contributed by atoms with Crippen LogP contribution in [0, 0.1) is 0 Å². The van der Waals surface area contributed by atoms with Gasteiger partial charge in [-0.25, -0.2) is 0 Å². The zero-order valence-electron chi connectivity index (χ0n) is 7.47. The monoisotopic (exact) mass is 208 g/mol. The van der Waals surface area contributed by atoms with E-state index in [2.05, 4.69) is 53.5 Å². The first-order valence-electron chi connectivity index (χ1n) is 4.17. The third-order valence-electron chi connectivity index (χ3n) is 1.98. The summed E-state index contributed by atoms with van der Waals surface area (Å²) in [7, 11) is -0.128. The first kappa shape index (κ1) is 8.97. The van der Waals surface area contributed by atoms with Gasteiger partial charge in [-0.3, -0.25) is 0 Å². The quantitative estimate of drug-likeness (QED) is 0.569. The number of thiol groups is 1. The molecule has 1 aromatic carbocycles. The van der Waals surface area contributed by atoms with Gasteiger partial charge in [-0.2, -0.15) is 10.9 Å². The van der Waals surface area contributed by atoms with Gasteiger partial charge in [-0.1, -0.05) is 12.2 Å². The van der Waals surface area contributed by atoms with E-state index < -0.39 is 0 Å². The summed E-state index contributed by atoms with van der Waals surface area (Å²) in [5, 5.41) is 4.56. The molecule has 1 aliphatic heterocycles. The third-order valence-corrected chi connectivity index (χ3v) is 4.60. The lowest BCUT2D eigenvalue weighted by Crippen LogP contribution is -1.74. The van der Waals surface area contributed by atoms with E-state index in [4.69, 9.17) is 0 Å². The molecule has 13 heavy (non-hydrogen) atoms. The average molecular weight is 208 g/mol. The molecule has 1 heterocycles. The zero-order chi connectivity index (χ0) is 9.10. The molecular weight excluding hydrogens is 196 g/mol. The number of rotatable bonds is 2. The summed E-state index contributed by atoms with van der Waals surface area (Å²) in [6.45, 7) is 0. The maximum Gasteiger partial charge on any atom is 0.00698 e. The first-order valence-corrected chi connectivity index (χ1v) is 6.88. The van der Waals surface area contributed by atoms with E-state index in [-0.39, 0.29) is 10.9 Å². The van der Waals surface area contributed by atoms with Crippen molar-refractivity contribution in [3.8, 4) is 0 Å². The second-order valence-corrected chi connectivity index (χ2v) is 5.60. The number of hydrogen-bond acceptors (Lipinski definition) is 1. The molecule has 0 aromatic heterocycles. The fraction of sp³-hybridized carbons (Fsp3) is 0.0909. The molecule has 0 aliphatic carbocycles. The predicted molar refractivity (Wildman–Crippen MR) is 63.8 cm³/mol. The Morgan fingerprint density at radius 3 is 2.15 bits per heavy atom. The minimum atomic E-state index is -0.128. The van der Waals surface area contributed by atoms with Crippen molar-refractivity contribution in [3.05, 3.63) is 47.2 Å². The van der Waals surface area contributed by atoms with Gasteiger partial charge in [0.05, 0.1) is 0 Å². The molecular formula is C11H12S2. The highest BCUT2D eigenvalue weighted by atomic mass is 32.2. The van der Waals surface area contributed by atoms with Gasteiger partial charge < -0.3 is 0 Å². The summed E-state index contributed by atoms with van der Waals surface area (Å²) in [6, 6.07) is 8.86. The molecule has 0 atom stereocenters. The van der Waals surface area contributed by atoms with Crippen molar-refractivity contribution in [1.82, 2.24) is 0 Å². The maximum atomic E-state index is 2.28. The summed E-state index contributed by atoms with van der Waals surface area (Å²) >= 11 is 1.79. The lowest BCUT2D eigenvalue weighted by atomic mass is 10.4. The Balaban J connectivity index is 2.22. The largest absolute Gasteiger partial charge is 0.186 e. The predicted octanol–water partition coefficient (Wildman–Crippen LogP) is 3.81. The van der Waals surface area contributed by atoms with Crippen molar-refractivity contribution in [2.45, 2.75) is 9.79 Å². The SMILES string of the molecule is CSc1ccc([SH]2C=CC=C2)cc1. The Kier molecular flexibility index (Phi) is 2.81. The minimum Gasteiger partial charge on any atom is -0.186 e. The van der Waals surface area contributed by atoms with Crippen LogP contribution in [-0.2, 0) is 0 Å². The van der Waals surface area contributed by atoms with E-state index in [1.165, 1.54) is 9.79 Å². The minimum absolute atomic E-state index is 0.128. The van der Waals surface area contributed by atoms with E-state index in [1.807, 2.05) is 0 Å². The van der Waals surface area contributed by atoms with Crippen LogP contribution in [0.5, 0.6) is 0 Å². The molecule has 0 nitrogen and oxygen atoms in total. The van der Waals surface area contributed by atoms with Gasteiger partial charge in [-0.05, 0) is 46.2 Å². The van der Waals surface area contributed by atoms with Crippen LogP contribution in [0.4, 0.5) is 0 Å². The third kappa shape index (κ3) is 2.01. The number of benzene rings is 1. The molecule has 0 fully saturated rings. The number of allylic oxidation sites excluding steroid dienone is 2. The highest BCUT2D eigenvalue weighted by Crippen LogP contribution is 2.42. The lowest BCUT2D eigenvalue weighted by molar-refractivity contribution is 1.36. The van der Waals surface area contributed by atoms with Gasteiger partial charge in [0.25, 0.3) is 0 Å². The second-order valence-electron chi connectivity index (χ2n) is 2.79. The Hall–Kier alpha value is -0.600. The molecule has 0 N–H and O–H groups in total. The van der Waals surface area contributed by atoms with Crippen LogP contribution in [-0.4, -0.2) is 6.26 Å². The fourth-order valence-corrected chi connectivity index (χ4v) is 3.18. The van der Waals surface area contributed by atoms with E-state index in [0.29, 0.717) is 0 Å². The van der Waals surface area contributed by atoms with Crippen LogP contribution in [0.1, 0.15) is 0 Å². The number of thioether (sulfide) groups is 1. The topological polar surface area (TPSA) is 0 Å². The number of hydrogen-bond donors (Lipinski definition) is 1. The van der Waals surface area contributed by atoms with Gasteiger partial charge in [0.1, 0.15) is 0 Å². The standard InChI is InChI=1S/C11H12S2/c1-12-10-4-6-11(7-5-10)13-8-2-3-9-13/h2-9,13H,1H3. The highest BCUT2D eigenvalue weighted by molar-refractivity contribution is 8.22. The Morgan fingerprint density at radius 1 is 1.00 bits per heavy atom. The first-order chi connectivity index (χ1) is 6.40. The van der Waals surface area contributed by atoms with E-state index in [1.54, 1.807) is 11.8 Å². The van der Waals surface area contributed by atoms with Gasteiger partial charge >= 0.3 is 0 Å². The zero-order valence-corrected chi connectivity index (χ0v) is 9.19. The lowest BCUT2D eigenvalue weighted by Gasteiger charge is -2.10. The molecule has 0 radical (unpaired) electrons. The molecule has 1 aromatic rings. The molecule has 0 spiro atoms. The van der Waals surface area contributed by atoms with E-state index >= 15 is 0 Å². The summed E-state index contributed by atoms with van der Waals surface area (Å²) < 4.78 is 0. The maximum absolute atomic E-state index is 2.28. The summed E-state index contributed by atoms with van der Waals surface area (Å²) in [4.78, 5) is 2.78. The summed E-state index contributed by atoms with van der Waals surface area (Å²) in [5.74, 6) is 0. The van der Waals surface area contributed by atoms with Crippen molar-refractivity contribution in [2.75, 3.05) is 6.26 Å². The van der Waals surface area contributed by atoms with E-state index in [0.717, 1.165) is 0 Å². The molecule has 2 rings (SSSR count). The van der Waals surface area contributed by atoms with Crippen molar-refractivity contribution >= 4 is 22.7 Å². The molecule has 0 saturated carbocycles. The molecule has 68 valence electrons. The Morgan fingerprint density at radius 2 is 1.62 bits per heavy atom. The molecule has 2 heteroatoms. The Bertz CT molecular complexity index is 324. The summed E-state index contributed by atoms with van der Waals surface area (Å²) in [6.07, 6.45) is 6.37. The van der Waals surface area contributed by atoms with Gasteiger partial charge in [-0.15, -0.1) is 11.8 Å². The van der Waals surface area contributed by atoms with Gasteiger partial charge in [0.2, 0.25) is 0 Å². The average Bonchev–Trinajstić information content (AvgIpc) is 2.71. The summed E-state index contributed by atoms with van der Waals surface area (Å²) in [5.41, 5.74) is 0. The van der Waals surface area contributed by atoms with Gasteiger partial charge in [0.15, 0.2) is 0 Å². The van der Waals surface area contributed by atoms with Crippen LogP contribution in [0.25, 0.3) is 0 Å². The smallest absolute Gasteiger partial charge is 0.00698 e. The normalized spacial score (nSPS) is 16.8. The van der Waals surface area contributed by atoms with Crippen molar-refractivity contribution in [1.29, 1.82) is 0 Å². The van der Waals surface area contributed by atoms with Crippen LogP contribution in [0.15, 0.2) is 57.0 Å². The molecule has 0 bridgehead atoms. The fourth-order valence-electron chi connectivity index (χ4n) is 1.26. The van der Waals surface area contributed by atoms with E-state index in [9.17, 15) is 0 Å². The van der Waals surface area contributed by atoms with Crippen LogP contribution < -0.4 is 0 Å². The van der Waals surface area contributed by atoms with Crippen LogP contribution >= 0.6 is 22.7 Å². The molecule has 0 amide bonds. The molecule has 0 unspecified atom stereocenters. The molecule has 0 saturated heterocycles. The molecule has 1 aliphatic rings. The van der Waals surface area contributed by atoms with Crippen molar-refractivity contribution in [2.24, 2.45) is 0 Å². The van der Waals surface area contributed by atoms with Gasteiger partial charge in [0, 0.05) is 4.90 Å². The van der Waals surface area contributed by atoms with Crippen LogP contribution in [0.2, 0.25) is 0 Å². The highest BCUT2D eigenvalue weighted by Gasteiger charge is 2.01. The Labute approximate surface area is 86.1 Å². The second kappa shape index (κ2) is 4.07. The van der Waals surface area contributed by atoms with Crippen molar-refractivity contribution in [3.63, 3.8) is 0 Å².